The molecular formula is C24H20N2O3. The molecule has 0 saturated carbocycles. The standard InChI is InChI=1S/C24H20N2O3/c27-24(29-18-20-12-6-2-7-13-20)22-16-23(28-17-19-10-4-1-5-11-19)25-26(22)21-14-8-3-9-15-21/h1-16H,17-18H2. The lowest BCUT2D eigenvalue weighted by Crippen LogP contribution is -2.12. The predicted octanol–water partition coefficient (Wildman–Crippen LogP) is 4.81. The normalized spacial score (nSPS) is 10.5. The fourth-order valence-corrected chi connectivity index (χ4v) is 2.87. The lowest BCUT2D eigenvalue weighted by Gasteiger charge is -2.07. The number of carbonyl (C=O) groups excluding carboxylic acids is 1. The maximum absolute atomic E-state index is 12.8. The van der Waals surface area contributed by atoms with Crippen LogP contribution >= 0.6 is 0 Å². The van der Waals surface area contributed by atoms with E-state index in [1.54, 1.807) is 10.7 Å². The number of carbonyl (C=O) groups is 1. The first kappa shape index (κ1) is 18.5. The molecule has 0 aliphatic rings. The zero-order chi connectivity index (χ0) is 19.9. The van der Waals surface area contributed by atoms with Crippen LogP contribution in [0.3, 0.4) is 0 Å². The molecule has 0 amide bonds. The molecule has 0 aliphatic heterocycles. The zero-order valence-corrected chi connectivity index (χ0v) is 15.8. The van der Waals surface area contributed by atoms with E-state index < -0.39 is 5.97 Å². The fraction of sp³-hybridized carbons (Fsp3) is 0.0833. The molecule has 0 radical (unpaired) electrons. The fourth-order valence-electron chi connectivity index (χ4n) is 2.87. The van der Waals surface area contributed by atoms with Crippen molar-refractivity contribution in [2.24, 2.45) is 0 Å². The van der Waals surface area contributed by atoms with Gasteiger partial charge in [-0.15, -0.1) is 5.10 Å². The van der Waals surface area contributed by atoms with Crippen LogP contribution in [-0.4, -0.2) is 15.7 Å². The van der Waals surface area contributed by atoms with Crippen LogP contribution in [0, 0.1) is 0 Å². The van der Waals surface area contributed by atoms with E-state index in [0.29, 0.717) is 18.2 Å². The van der Waals surface area contributed by atoms with Crippen molar-refractivity contribution in [1.29, 1.82) is 0 Å². The van der Waals surface area contributed by atoms with Crippen molar-refractivity contribution in [3.8, 4) is 11.6 Å². The monoisotopic (exact) mass is 384 g/mol. The molecule has 5 heteroatoms. The van der Waals surface area contributed by atoms with E-state index in [-0.39, 0.29) is 6.61 Å². The number of esters is 1. The molecule has 0 aliphatic carbocycles. The van der Waals surface area contributed by atoms with E-state index >= 15 is 0 Å². The van der Waals surface area contributed by atoms with Crippen LogP contribution in [0.2, 0.25) is 0 Å². The third-order valence-electron chi connectivity index (χ3n) is 4.34. The highest BCUT2D eigenvalue weighted by atomic mass is 16.5. The van der Waals surface area contributed by atoms with E-state index in [0.717, 1.165) is 16.8 Å². The van der Waals surface area contributed by atoms with Crippen molar-refractivity contribution in [3.63, 3.8) is 0 Å². The van der Waals surface area contributed by atoms with Crippen molar-refractivity contribution in [2.45, 2.75) is 13.2 Å². The van der Waals surface area contributed by atoms with Gasteiger partial charge in [0.1, 0.15) is 13.2 Å². The Balaban J connectivity index is 1.55. The van der Waals surface area contributed by atoms with E-state index in [9.17, 15) is 4.79 Å². The van der Waals surface area contributed by atoms with Gasteiger partial charge in [0.15, 0.2) is 5.69 Å². The van der Waals surface area contributed by atoms with Gasteiger partial charge in [-0.3, -0.25) is 0 Å². The molecule has 0 bridgehead atoms. The third kappa shape index (κ3) is 4.71. The van der Waals surface area contributed by atoms with E-state index in [2.05, 4.69) is 5.10 Å². The van der Waals surface area contributed by atoms with Gasteiger partial charge in [0.05, 0.1) is 5.69 Å². The Morgan fingerprint density at radius 2 is 1.31 bits per heavy atom. The second-order valence-electron chi connectivity index (χ2n) is 6.45. The minimum atomic E-state index is -0.459. The first-order valence-corrected chi connectivity index (χ1v) is 9.33. The van der Waals surface area contributed by atoms with Crippen molar-refractivity contribution < 1.29 is 14.3 Å². The smallest absolute Gasteiger partial charge is 0.357 e. The Bertz CT molecular complexity index is 1060. The van der Waals surface area contributed by atoms with Crippen LogP contribution in [0.1, 0.15) is 21.6 Å². The van der Waals surface area contributed by atoms with Gasteiger partial charge in [0, 0.05) is 6.07 Å². The summed E-state index contributed by atoms with van der Waals surface area (Å²) in [5.41, 5.74) is 3.02. The number of hydrogen-bond acceptors (Lipinski definition) is 4. The molecule has 0 saturated heterocycles. The largest absolute Gasteiger partial charge is 0.472 e. The second kappa shape index (κ2) is 8.89. The zero-order valence-electron chi connectivity index (χ0n) is 15.8. The molecule has 4 rings (SSSR count). The number of aromatic nitrogens is 2. The lowest BCUT2D eigenvalue weighted by atomic mass is 10.2. The van der Waals surface area contributed by atoms with Crippen LogP contribution in [0.4, 0.5) is 0 Å². The van der Waals surface area contributed by atoms with Crippen molar-refractivity contribution in [2.75, 3.05) is 0 Å². The summed E-state index contributed by atoms with van der Waals surface area (Å²) >= 11 is 0. The van der Waals surface area contributed by atoms with Gasteiger partial charge >= 0.3 is 5.97 Å². The summed E-state index contributed by atoms with van der Waals surface area (Å²) in [6.45, 7) is 0.561. The Morgan fingerprint density at radius 3 is 1.93 bits per heavy atom. The van der Waals surface area contributed by atoms with Crippen molar-refractivity contribution in [3.05, 3.63) is 114 Å². The second-order valence-corrected chi connectivity index (χ2v) is 6.45. The summed E-state index contributed by atoms with van der Waals surface area (Å²) in [4.78, 5) is 12.8. The van der Waals surface area contributed by atoms with Crippen LogP contribution < -0.4 is 4.74 Å². The number of para-hydroxylation sites is 1. The molecule has 0 atom stereocenters. The van der Waals surface area contributed by atoms with E-state index in [4.69, 9.17) is 9.47 Å². The Hall–Kier alpha value is -3.86. The van der Waals surface area contributed by atoms with Crippen LogP contribution in [-0.2, 0) is 18.0 Å². The highest BCUT2D eigenvalue weighted by Gasteiger charge is 2.19. The average Bonchev–Trinajstić information content (AvgIpc) is 3.23. The van der Waals surface area contributed by atoms with Crippen LogP contribution in [0.15, 0.2) is 97.1 Å². The summed E-state index contributed by atoms with van der Waals surface area (Å²) < 4.78 is 12.9. The quantitative estimate of drug-likeness (QED) is 0.429. The summed E-state index contributed by atoms with van der Waals surface area (Å²) in [5, 5.41) is 4.47. The summed E-state index contributed by atoms with van der Waals surface area (Å²) in [7, 11) is 0. The van der Waals surface area contributed by atoms with E-state index in [1.807, 2.05) is 91.0 Å². The van der Waals surface area contributed by atoms with Gasteiger partial charge in [-0.05, 0) is 23.3 Å². The molecule has 1 heterocycles. The van der Waals surface area contributed by atoms with Gasteiger partial charge in [-0.1, -0.05) is 78.9 Å². The Labute approximate surface area is 169 Å². The molecule has 3 aromatic carbocycles. The van der Waals surface area contributed by atoms with Crippen LogP contribution in [0.25, 0.3) is 5.69 Å². The first-order valence-electron chi connectivity index (χ1n) is 9.33. The van der Waals surface area contributed by atoms with Crippen LogP contribution in [0.5, 0.6) is 5.88 Å². The average molecular weight is 384 g/mol. The predicted molar refractivity (Wildman–Crippen MR) is 110 cm³/mol. The van der Waals surface area contributed by atoms with E-state index in [1.165, 1.54) is 0 Å². The number of hydrogen-bond donors (Lipinski definition) is 0. The molecule has 5 nitrogen and oxygen atoms in total. The third-order valence-corrected chi connectivity index (χ3v) is 4.34. The molecule has 144 valence electrons. The lowest BCUT2D eigenvalue weighted by molar-refractivity contribution is 0.0462. The minimum Gasteiger partial charge on any atom is -0.472 e. The van der Waals surface area contributed by atoms with Gasteiger partial charge in [0.2, 0.25) is 5.88 Å². The van der Waals surface area contributed by atoms with Gasteiger partial charge < -0.3 is 9.47 Å². The molecule has 0 fully saturated rings. The number of rotatable bonds is 7. The van der Waals surface area contributed by atoms with Gasteiger partial charge in [-0.2, -0.15) is 0 Å². The summed E-state index contributed by atoms with van der Waals surface area (Å²) in [5.74, 6) is -0.0934. The maximum atomic E-state index is 12.8. The SMILES string of the molecule is O=C(OCc1ccccc1)c1cc(OCc2ccccc2)nn1-c1ccccc1. The summed E-state index contributed by atoms with van der Waals surface area (Å²) in [6.07, 6.45) is 0. The Morgan fingerprint density at radius 1 is 0.759 bits per heavy atom. The topological polar surface area (TPSA) is 53.4 Å². The summed E-state index contributed by atoms with van der Waals surface area (Å²) in [6, 6.07) is 30.4. The van der Waals surface area contributed by atoms with Gasteiger partial charge in [-0.25, -0.2) is 9.48 Å². The molecule has 4 aromatic rings. The highest BCUT2D eigenvalue weighted by molar-refractivity contribution is 5.88. The molecule has 1 aromatic heterocycles. The van der Waals surface area contributed by atoms with Crippen molar-refractivity contribution in [1.82, 2.24) is 9.78 Å². The van der Waals surface area contributed by atoms with Crippen molar-refractivity contribution >= 4 is 5.97 Å². The number of ether oxygens (including phenoxy) is 2. The minimum absolute atomic E-state index is 0.194. The van der Waals surface area contributed by atoms with Gasteiger partial charge in [0.25, 0.3) is 0 Å². The first-order chi connectivity index (χ1) is 14.3. The molecule has 0 unspecified atom stereocenters. The molecule has 0 spiro atoms. The highest BCUT2D eigenvalue weighted by Crippen LogP contribution is 2.20. The number of nitrogens with zero attached hydrogens (tertiary/aromatic N) is 2. The maximum Gasteiger partial charge on any atom is 0.357 e. The molecule has 29 heavy (non-hydrogen) atoms. The Kier molecular flexibility index (Phi) is 5.67. The number of benzene rings is 3. The molecular weight excluding hydrogens is 364 g/mol. The molecule has 0 N–H and O–H groups in total.